The SMILES string of the molecule is CCC(C)OC(CN)c1ccsc1. The van der Waals surface area contributed by atoms with Crippen LogP contribution in [0.25, 0.3) is 0 Å². The van der Waals surface area contributed by atoms with E-state index in [1.807, 2.05) is 0 Å². The lowest BCUT2D eigenvalue weighted by Crippen LogP contribution is -2.20. The van der Waals surface area contributed by atoms with Crippen molar-refractivity contribution in [3.63, 3.8) is 0 Å². The summed E-state index contributed by atoms with van der Waals surface area (Å²) < 4.78 is 5.77. The second-order valence-electron chi connectivity index (χ2n) is 3.14. The van der Waals surface area contributed by atoms with Gasteiger partial charge in [-0.15, -0.1) is 0 Å². The Balaban J connectivity index is 2.53. The van der Waals surface area contributed by atoms with Crippen LogP contribution in [-0.2, 0) is 4.74 Å². The summed E-state index contributed by atoms with van der Waals surface area (Å²) in [6, 6.07) is 2.07. The highest BCUT2D eigenvalue weighted by Crippen LogP contribution is 2.21. The number of hydrogen-bond donors (Lipinski definition) is 1. The molecule has 0 saturated heterocycles. The van der Waals surface area contributed by atoms with Gasteiger partial charge in [-0.05, 0) is 35.7 Å². The smallest absolute Gasteiger partial charge is 0.0958 e. The van der Waals surface area contributed by atoms with Crippen molar-refractivity contribution < 1.29 is 4.74 Å². The molecular formula is C10H17NOS. The second kappa shape index (κ2) is 5.37. The summed E-state index contributed by atoms with van der Waals surface area (Å²) in [6.07, 6.45) is 1.38. The molecule has 0 saturated carbocycles. The van der Waals surface area contributed by atoms with Gasteiger partial charge >= 0.3 is 0 Å². The van der Waals surface area contributed by atoms with Crippen molar-refractivity contribution in [2.75, 3.05) is 6.54 Å². The molecule has 1 aromatic heterocycles. The van der Waals surface area contributed by atoms with Gasteiger partial charge in [0, 0.05) is 6.54 Å². The van der Waals surface area contributed by atoms with Crippen LogP contribution in [0.15, 0.2) is 16.8 Å². The van der Waals surface area contributed by atoms with Gasteiger partial charge in [0.15, 0.2) is 0 Å². The van der Waals surface area contributed by atoms with E-state index >= 15 is 0 Å². The van der Waals surface area contributed by atoms with Crippen LogP contribution in [0.5, 0.6) is 0 Å². The molecule has 13 heavy (non-hydrogen) atoms. The van der Waals surface area contributed by atoms with E-state index in [1.54, 1.807) is 11.3 Å². The van der Waals surface area contributed by atoms with Crippen LogP contribution >= 0.6 is 11.3 Å². The van der Waals surface area contributed by atoms with Gasteiger partial charge in [0.25, 0.3) is 0 Å². The topological polar surface area (TPSA) is 35.2 Å². The van der Waals surface area contributed by atoms with Crippen molar-refractivity contribution in [3.8, 4) is 0 Å². The third kappa shape index (κ3) is 3.10. The van der Waals surface area contributed by atoms with Gasteiger partial charge in [-0.25, -0.2) is 0 Å². The second-order valence-corrected chi connectivity index (χ2v) is 3.92. The van der Waals surface area contributed by atoms with Crippen molar-refractivity contribution in [2.45, 2.75) is 32.5 Å². The fourth-order valence-electron chi connectivity index (χ4n) is 1.11. The first-order valence-corrected chi connectivity index (χ1v) is 5.59. The molecule has 2 atom stereocenters. The fourth-order valence-corrected chi connectivity index (χ4v) is 1.81. The summed E-state index contributed by atoms with van der Waals surface area (Å²) in [4.78, 5) is 0. The third-order valence-electron chi connectivity index (χ3n) is 2.10. The van der Waals surface area contributed by atoms with E-state index in [-0.39, 0.29) is 12.2 Å². The zero-order chi connectivity index (χ0) is 9.68. The molecule has 0 radical (unpaired) electrons. The Kier molecular flexibility index (Phi) is 4.42. The van der Waals surface area contributed by atoms with E-state index in [0.717, 1.165) is 6.42 Å². The highest BCUT2D eigenvalue weighted by atomic mass is 32.1. The molecule has 0 amide bonds. The molecule has 0 aromatic carbocycles. The van der Waals surface area contributed by atoms with E-state index in [9.17, 15) is 0 Å². The Morgan fingerprint density at radius 2 is 2.38 bits per heavy atom. The number of nitrogens with two attached hydrogens (primary N) is 1. The first kappa shape index (κ1) is 10.7. The van der Waals surface area contributed by atoms with Gasteiger partial charge in [0.05, 0.1) is 12.2 Å². The molecule has 0 fully saturated rings. The minimum absolute atomic E-state index is 0.0706. The van der Waals surface area contributed by atoms with Gasteiger partial charge in [0.2, 0.25) is 0 Å². The maximum atomic E-state index is 5.77. The molecule has 3 heteroatoms. The lowest BCUT2D eigenvalue weighted by Gasteiger charge is -2.19. The van der Waals surface area contributed by atoms with Crippen LogP contribution in [0, 0.1) is 0 Å². The van der Waals surface area contributed by atoms with E-state index in [4.69, 9.17) is 10.5 Å². The highest BCUT2D eigenvalue weighted by Gasteiger charge is 2.12. The number of ether oxygens (including phenoxy) is 1. The van der Waals surface area contributed by atoms with Crippen LogP contribution in [0.1, 0.15) is 31.9 Å². The Bertz CT molecular complexity index is 223. The molecule has 0 bridgehead atoms. The molecule has 2 unspecified atom stereocenters. The number of rotatable bonds is 5. The summed E-state index contributed by atoms with van der Waals surface area (Å²) in [5, 5.41) is 4.15. The molecule has 0 aliphatic rings. The molecule has 74 valence electrons. The van der Waals surface area contributed by atoms with Crippen LogP contribution in [0.3, 0.4) is 0 Å². The normalized spacial score (nSPS) is 15.6. The van der Waals surface area contributed by atoms with E-state index in [2.05, 4.69) is 30.7 Å². The van der Waals surface area contributed by atoms with Crippen molar-refractivity contribution in [3.05, 3.63) is 22.4 Å². The predicted molar refractivity (Wildman–Crippen MR) is 57.0 cm³/mol. The molecule has 1 rings (SSSR count). The first-order chi connectivity index (χ1) is 6.27. The van der Waals surface area contributed by atoms with Crippen LogP contribution in [0.2, 0.25) is 0 Å². The van der Waals surface area contributed by atoms with Gasteiger partial charge in [0.1, 0.15) is 0 Å². The van der Waals surface area contributed by atoms with Gasteiger partial charge in [-0.1, -0.05) is 6.92 Å². The van der Waals surface area contributed by atoms with E-state index in [0.29, 0.717) is 6.54 Å². The van der Waals surface area contributed by atoms with Crippen LogP contribution < -0.4 is 5.73 Å². The quantitative estimate of drug-likeness (QED) is 0.791. The average Bonchev–Trinajstić information content (AvgIpc) is 2.66. The maximum Gasteiger partial charge on any atom is 0.0958 e. The van der Waals surface area contributed by atoms with Crippen molar-refractivity contribution >= 4 is 11.3 Å². The molecule has 1 heterocycles. The molecule has 0 aliphatic carbocycles. The van der Waals surface area contributed by atoms with Gasteiger partial charge in [-0.3, -0.25) is 0 Å². The molecule has 2 nitrogen and oxygen atoms in total. The van der Waals surface area contributed by atoms with E-state index < -0.39 is 0 Å². The highest BCUT2D eigenvalue weighted by molar-refractivity contribution is 7.07. The standard InChI is InChI=1S/C10H17NOS/c1-3-8(2)12-10(6-11)9-4-5-13-7-9/h4-5,7-8,10H,3,6,11H2,1-2H3. The summed E-state index contributed by atoms with van der Waals surface area (Å²) in [5.74, 6) is 0. The maximum absolute atomic E-state index is 5.77. The van der Waals surface area contributed by atoms with E-state index in [1.165, 1.54) is 5.56 Å². The zero-order valence-electron chi connectivity index (χ0n) is 8.19. The molecule has 2 N–H and O–H groups in total. The lowest BCUT2D eigenvalue weighted by atomic mass is 10.2. The summed E-state index contributed by atoms with van der Waals surface area (Å²) in [5.41, 5.74) is 6.85. The van der Waals surface area contributed by atoms with Gasteiger partial charge < -0.3 is 10.5 Å². The van der Waals surface area contributed by atoms with Crippen LogP contribution in [-0.4, -0.2) is 12.6 Å². The minimum atomic E-state index is 0.0706. The molecule has 1 aromatic rings. The monoisotopic (exact) mass is 199 g/mol. The largest absolute Gasteiger partial charge is 0.369 e. The average molecular weight is 199 g/mol. The summed E-state index contributed by atoms with van der Waals surface area (Å²) >= 11 is 1.68. The summed E-state index contributed by atoms with van der Waals surface area (Å²) in [6.45, 7) is 4.75. The molecular weight excluding hydrogens is 182 g/mol. The lowest BCUT2D eigenvalue weighted by molar-refractivity contribution is 0.000194. The molecule has 0 spiro atoms. The Hall–Kier alpha value is -0.380. The van der Waals surface area contributed by atoms with Crippen molar-refractivity contribution in [2.24, 2.45) is 5.73 Å². The van der Waals surface area contributed by atoms with Crippen molar-refractivity contribution in [1.29, 1.82) is 0 Å². The predicted octanol–water partition coefficient (Wildman–Crippen LogP) is 2.56. The van der Waals surface area contributed by atoms with Crippen LogP contribution in [0.4, 0.5) is 0 Å². The minimum Gasteiger partial charge on any atom is -0.369 e. The van der Waals surface area contributed by atoms with Gasteiger partial charge in [-0.2, -0.15) is 11.3 Å². The van der Waals surface area contributed by atoms with Crippen molar-refractivity contribution in [1.82, 2.24) is 0 Å². The Labute approximate surface area is 83.7 Å². The first-order valence-electron chi connectivity index (χ1n) is 4.65. The molecule has 0 aliphatic heterocycles. The number of hydrogen-bond acceptors (Lipinski definition) is 3. The number of thiophene rings is 1. The Morgan fingerprint density at radius 3 is 2.85 bits per heavy atom. The third-order valence-corrected chi connectivity index (χ3v) is 2.80. The fraction of sp³-hybridized carbons (Fsp3) is 0.600. The summed E-state index contributed by atoms with van der Waals surface area (Å²) in [7, 11) is 0. The zero-order valence-corrected chi connectivity index (χ0v) is 9.01. The Morgan fingerprint density at radius 1 is 1.62 bits per heavy atom.